The van der Waals surface area contributed by atoms with E-state index in [0.717, 1.165) is 11.0 Å². The molecular formula is C13H15N3. The summed E-state index contributed by atoms with van der Waals surface area (Å²) in [4.78, 5) is 8.62. The van der Waals surface area contributed by atoms with Crippen LogP contribution in [0.5, 0.6) is 0 Å². The van der Waals surface area contributed by atoms with Crippen molar-refractivity contribution in [3.8, 4) is 0 Å². The smallest absolute Gasteiger partial charge is 0.0889 e. The highest BCUT2D eigenvalue weighted by atomic mass is 14.8. The second kappa shape index (κ2) is 3.25. The Morgan fingerprint density at radius 3 is 2.50 bits per heavy atom. The van der Waals surface area contributed by atoms with Crippen molar-refractivity contribution in [3.05, 3.63) is 36.2 Å². The monoisotopic (exact) mass is 213 g/mol. The predicted octanol–water partition coefficient (Wildman–Crippen LogP) is 2.01. The fourth-order valence-corrected chi connectivity index (χ4v) is 2.41. The van der Waals surface area contributed by atoms with E-state index in [2.05, 4.69) is 29.0 Å². The van der Waals surface area contributed by atoms with Gasteiger partial charge in [0, 0.05) is 23.9 Å². The van der Waals surface area contributed by atoms with Gasteiger partial charge >= 0.3 is 0 Å². The molecule has 0 bridgehead atoms. The van der Waals surface area contributed by atoms with E-state index in [-0.39, 0.29) is 11.5 Å². The maximum absolute atomic E-state index is 6.07. The van der Waals surface area contributed by atoms with Crippen molar-refractivity contribution in [2.75, 3.05) is 0 Å². The van der Waals surface area contributed by atoms with E-state index >= 15 is 0 Å². The number of aromatic nitrogens is 2. The van der Waals surface area contributed by atoms with Crippen molar-refractivity contribution in [1.82, 2.24) is 9.97 Å². The highest BCUT2D eigenvalue weighted by molar-refractivity contribution is 5.75. The second-order valence-electron chi connectivity index (χ2n) is 4.70. The van der Waals surface area contributed by atoms with Crippen LogP contribution in [0.1, 0.15) is 25.3 Å². The first kappa shape index (κ1) is 9.73. The number of hydrogen-bond acceptors (Lipinski definition) is 3. The zero-order chi connectivity index (χ0) is 11.2. The molecule has 16 heavy (non-hydrogen) atoms. The summed E-state index contributed by atoms with van der Waals surface area (Å²) in [5, 5.41) is 0. The van der Waals surface area contributed by atoms with E-state index < -0.39 is 0 Å². The van der Waals surface area contributed by atoms with Crippen LogP contribution < -0.4 is 5.73 Å². The van der Waals surface area contributed by atoms with Crippen LogP contribution in [0.4, 0.5) is 0 Å². The maximum Gasteiger partial charge on any atom is 0.0889 e. The molecule has 0 spiro atoms. The van der Waals surface area contributed by atoms with Crippen molar-refractivity contribution in [2.45, 2.75) is 31.2 Å². The van der Waals surface area contributed by atoms with Gasteiger partial charge in [-0.2, -0.15) is 0 Å². The standard InChI is InChI=1S/C13H15N3/c1-9(14)13(4-5-13)10-2-3-11-12(8-10)16-7-6-15-11/h2-3,6-9H,4-5,14H2,1H3. The molecule has 0 radical (unpaired) electrons. The molecule has 3 rings (SSSR count). The zero-order valence-electron chi connectivity index (χ0n) is 9.35. The number of nitrogens with two attached hydrogens (primary N) is 1. The van der Waals surface area contributed by atoms with Gasteiger partial charge in [-0.25, -0.2) is 0 Å². The van der Waals surface area contributed by atoms with Gasteiger partial charge < -0.3 is 5.73 Å². The molecule has 3 heteroatoms. The third-order valence-corrected chi connectivity index (χ3v) is 3.70. The van der Waals surface area contributed by atoms with Gasteiger partial charge in [-0.15, -0.1) is 0 Å². The zero-order valence-corrected chi connectivity index (χ0v) is 9.35. The summed E-state index contributed by atoms with van der Waals surface area (Å²) in [6, 6.07) is 6.54. The van der Waals surface area contributed by atoms with E-state index in [1.165, 1.54) is 18.4 Å². The Morgan fingerprint density at radius 1 is 1.19 bits per heavy atom. The molecule has 0 saturated heterocycles. The summed E-state index contributed by atoms with van der Waals surface area (Å²) in [6.45, 7) is 2.09. The van der Waals surface area contributed by atoms with Crippen LogP contribution >= 0.6 is 0 Å². The lowest BCUT2D eigenvalue weighted by molar-refractivity contribution is 0.557. The van der Waals surface area contributed by atoms with Crippen molar-refractivity contribution >= 4 is 11.0 Å². The minimum atomic E-state index is 0.200. The van der Waals surface area contributed by atoms with Crippen molar-refractivity contribution in [3.63, 3.8) is 0 Å². The van der Waals surface area contributed by atoms with Crippen LogP contribution in [-0.2, 0) is 5.41 Å². The van der Waals surface area contributed by atoms with Gasteiger partial charge in [-0.3, -0.25) is 9.97 Å². The molecule has 1 saturated carbocycles. The summed E-state index contributed by atoms with van der Waals surface area (Å²) < 4.78 is 0. The molecular weight excluding hydrogens is 198 g/mol. The number of rotatable bonds is 2. The van der Waals surface area contributed by atoms with E-state index in [1.54, 1.807) is 12.4 Å². The fraction of sp³-hybridized carbons (Fsp3) is 0.385. The Morgan fingerprint density at radius 2 is 1.88 bits per heavy atom. The molecule has 1 aromatic heterocycles. The maximum atomic E-state index is 6.07. The molecule has 1 atom stereocenters. The van der Waals surface area contributed by atoms with Crippen LogP contribution in [0.3, 0.4) is 0 Å². The van der Waals surface area contributed by atoms with Crippen molar-refractivity contribution in [1.29, 1.82) is 0 Å². The first-order valence-corrected chi connectivity index (χ1v) is 5.69. The third kappa shape index (κ3) is 1.32. The molecule has 1 fully saturated rings. The lowest BCUT2D eigenvalue weighted by Crippen LogP contribution is -2.31. The molecule has 1 heterocycles. The van der Waals surface area contributed by atoms with Gasteiger partial charge in [-0.1, -0.05) is 6.07 Å². The Hall–Kier alpha value is -1.48. The number of nitrogens with zero attached hydrogens (tertiary/aromatic N) is 2. The molecule has 0 amide bonds. The molecule has 1 aliphatic carbocycles. The lowest BCUT2D eigenvalue weighted by Gasteiger charge is -2.20. The quantitative estimate of drug-likeness (QED) is 0.830. The molecule has 0 aliphatic heterocycles. The van der Waals surface area contributed by atoms with Crippen LogP contribution in [0.25, 0.3) is 11.0 Å². The number of benzene rings is 1. The average molecular weight is 213 g/mol. The molecule has 2 aromatic rings. The van der Waals surface area contributed by atoms with Crippen molar-refractivity contribution in [2.24, 2.45) is 5.73 Å². The predicted molar refractivity (Wildman–Crippen MR) is 64.1 cm³/mol. The third-order valence-electron chi connectivity index (χ3n) is 3.70. The molecule has 82 valence electrons. The van der Waals surface area contributed by atoms with Gasteiger partial charge in [0.2, 0.25) is 0 Å². The van der Waals surface area contributed by atoms with Crippen LogP contribution in [0.15, 0.2) is 30.6 Å². The second-order valence-corrected chi connectivity index (χ2v) is 4.70. The normalized spacial score (nSPS) is 19.6. The van der Waals surface area contributed by atoms with Crippen LogP contribution in [0.2, 0.25) is 0 Å². The SMILES string of the molecule is CC(N)C1(c2ccc3nccnc3c2)CC1. The van der Waals surface area contributed by atoms with Gasteiger partial charge in [0.1, 0.15) is 0 Å². The van der Waals surface area contributed by atoms with Crippen LogP contribution in [0, 0.1) is 0 Å². The lowest BCUT2D eigenvalue weighted by atomic mass is 9.89. The summed E-state index contributed by atoms with van der Waals surface area (Å²) in [7, 11) is 0. The molecule has 3 nitrogen and oxygen atoms in total. The first-order valence-electron chi connectivity index (χ1n) is 5.69. The van der Waals surface area contributed by atoms with E-state index in [0.29, 0.717) is 0 Å². The topological polar surface area (TPSA) is 51.8 Å². The molecule has 2 N–H and O–H groups in total. The molecule has 1 unspecified atom stereocenters. The highest BCUT2D eigenvalue weighted by Gasteiger charge is 2.47. The van der Waals surface area contributed by atoms with Gasteiger partial charge in [-0.05, 0) is 37.5 Å². The van der Waals surface area contributed by atoms with Crippen molar-refractivity contribution < 1.29 is 0 Å². The average Bonchev–Trinajstić information content (AvgIpc) is 3.09. The summed E-state index contributed by atoms with van der Waals surface area (Å²) >= 11 is 0. The molecule has 1 aliphatic rings. The first-order chi connectivity index (χ1) is 7.72. The Balaban J connectivity index is 2.12. The minimum Gasteiger partial charge on any atom is -0.327 e. The van der Waals surface area contributed by atoms with Gasteiger partial charge in [0.25, 0.3) is 0 Å². The van der Waals surface area contributed by atoms with E-state index in [9.17, 15) is 0 Å². The molecule has 1 aromatic carbocycles. The summed E-state index contributed by atoms with van der Waals surface area (Å²) in [6.07, 6.45) is 5.84. The van der Waals surface area contributed by atoms with E-state index in [1.807, 2.05) is 6.07 Å². The number of fused-ring (bicyclic) bond motifs is 1. The Bertz CT molecular complexity index is 529. The van der Waals surface area contributed by atoms with Gasteiger partial charge in [0.15, 0.2) is 0 Å². The fourth-order valence-electron chi connectivity index (χ4n) is 2.41. The number of hydrogen-bond donors (Lipinski definition) is 1. The summed E-state index contributed by atoms with van der Waals surface area (Å²) in [5.41, 5.74) is 9.50. The minimum absolute atomic E-state index is 0.200. The highest BCUT2D eigenvalue weighted by Crippen LogP contribution is 2.50. The van der Waals surface area contributed by atoms with Gasteiger partial charge in [0.05, 0.1) is 11.0 Å². The van der Waals surface area contributed by atoms with E-state index in [4.69, 9.17) is 5.73 Å². The largest absolute Gasteiger partial charge is 0.327 e. The van der Waals surface area contributed by atoms with Crippen LogP contribution in [-0.4, -0.2) is 16.0 Å². The summed E-state index contributed by atoms with van der Waals surface area (Å²) in [5.74, 6) is 0. The Labute approximate surface area is 94.7 Å². The Kier molecular flexibility index (Phi) is 1.98.